The van der Waals surface area contributed by atoms with Crippen LogP contribution in [-0.2, 0) is 0 Å². The molecule has 0 radical (unpaired) electrons. The van der Waals surface area contributed by atoms with Crippen LogP contribution in [0.5, 0.6) is 0 Å². The Kier molecular flexibility index (Phi) is 6.33. The first kappa shape index (κ1) is 14.6. The third-order valence-corrected chi connectivity index (χ3v) is 3.11. The Morgan fingerprint density at radius 3 is 2.67 bits per heavy atom. The second kappa shape index (κ2) is 7.80. The van der Waals surface area contributed by atoms with Gasteiger partial charge in [-0.3, -0.25) is 9.78 Å². The van der Waals surface area contributed by atoms with Gasteiger partial charge >= 0.3 is 0 Å². The molecule has 1 heterocycles. The number of unbranched alkanes of at least 4 members (excludes halogenated alkanes) is 1. The van der Waals surface area contributed by atoms with E-state index in [1.807, 2.05) is 6.92 Å². The van der Waals surface area contributed by atoms with Crippen molar-refractivity contribution in [3.05, 3.63) is 23.8 Å². The summed E-state index contributed by atoms with van der Waals surface area (Å²) in [5, 5.41) is 2.94. The molecular weight excluding hydrogens is 226 g/mol. The number of hydrogen-bond donors (Lipinski definition) is 1. The van der Waals surface area contributed by atoms with Gasteiger partial charge in [-0.25, -0.2) is 4.98 Å². The van der Waals surface area contributed by atoms with E-state index in [-0.39, 0.29) is 5.91 Å². The van der Waals surface area contributed by atoms with Gasteiger partial charge in [0.05, 0.1) is 11.9 Å². The predicted molar refractivity (Wildman–Crippen MR) is 72.4 cm³/mol. The molecule has 0 bridgehead atoms. The summed E-state index contributed by atoms with van der Waals surface area (Å²) in [6.07, 6.45) is 7.83. The van der Waals surface area contributed by atoms with E-state index in [4.69, 9.17) is 0 Å². The Balaban J connectivity index is 2.42. The minimum absolute atomic E-state index is 0.127. The normalized spacial score (nSPS) is 12.2. The van der Waals surface area contributed by atoms with Crippen LogP contribution in [0.3, 0.4) is 0 Å². The molecule has 1 N–H and O–H groups in total. The van der Waals surface area contributed by atoms with Crippen molar-refractivity contribution in [3.8, 4) is 0 Å². The largest absolute Gasteiger partial charge is 0.350 e. The molecule has 1 atom stereocenters. The van der Waals surface area contributed by atoms with Crippen LogP contribution in [0.4, 0.5) is 0 Å². The lowest BCUT2D eigenvalue weighted by atomic mass is 9.99. The highest BCUT2D eigenvalue weighted by Gasteiger charge is 2.10. The molecule has 1 rings (SSSR count). The fraction of sp³-hybridized carbons (Fsp3) is 0.643. The molecule has 1 aromatic heterocycles. The lowest BCUT2D eigenvalue weighted by Gasteiger charge is -2.14. The molecule has 1 aromatic rings. The van der Waals surface area contributed by atoms with Crippen LogP contribution in [0.15, 0.2) is 12.4 Å². The number of rotatable bonds is 7. The first-order valence-electron chi connectivity index (χ1n) is 6.74. The fourth-order valence-corrected chi connectivity index (χ4v) is 1.78. The number of aromatic nitrogens is 2. The van der Waals surface area contributed by atoms with Crippen molar-refractivity contribution < 1.29 is 4.79 Å². The summed E-state index contributed by atoms with van der Waals surface area (Å²) in [7, 11) is 0. The van der Waals surface area contributed by atoms with Crippen LogP contribution in [0.25, 0.3) is 0 Å². The number of nitrogens with one attached hydrogen (secondary N) is 1. The minimum atomic E-state index is -0.127. The summed E-state index contributed by atoms with van der Waals surface area (Å²) in [6.45, 7) is 6.93. The highest BCUT2D eigenvalue weighted by molar-refractivity contribution is 5.91. The molecule has 100 valence electrons. The summed E-state index contributed by atoms with van der Waals surface area (Å²) in [4.78, 5) is 20.0. The zero-order valence-corrected chi connectivity index (χ0v) is 11.6. The molecule has 18 heavy (non-hydrogen) atoms. The summed E-state index contributed by atoms with van der Waals surface area (Å²) in [5.74, 6) is 0.435. The van der Waals surface area contributed by atoms with Gasteiger partial charge in [-0.15, -0.1) is 0 Å². The number of carbonyl (C=O) groups excluding carboxylic acids is 1. The van der Waals surface area contributed by atoms with Crippen molar-refractivity contribution in [1.82, 2.24) is 15.3 Å². The molecule has 0 spiro atoms. The van der Waals surface area contributed by atoms with Crippen molar-refractivity contribution in [1.29, 1.82) is 0 Å². The molecule has 0 fully saturated rings. The summed E-state index contributed by atoms with van der Waals surface area (Å²) in [6, 6.07) is 0. The maximum Gasteiger partial charge on any atom is 0.271 e. The van der Waals surface area contributed by atoms with Crippen LogP contribution in [0.2, 0.25) is 0 Å². The van der Waals surface area contributed by atoms with E-state index in [1.54, 1.807) is 6.20 Å². The average molecular weight is 249 g/mol. The lowest BCUT2D eigenvalue weighted by molar-refractivity contribution is 0.0940. The van der Waals surface area contributed by atoms with E-state index < -0.39 is 0 Å². The highest BCUT2D eigenvalue weighted by atomic mass is 16.1. The maximum absolute atomic E-state index is 11.8. The summed E-state index contributed by atoms with van der Waals surface area (Å²) in [5.41, 5.74) is 1.21. The first-order chi connectivity index (χ1) is 8.67. The highest BCUT2D eigenvalue weighted by Crippen LogP contribution is 2.11. The van der Waals surface area contributed by atoms with E-state index in [0.29, 0.717) is 11.6 Å². The predicted octanol–water partition coefficient (Wildman–Crippen LogP) is 2.73. The third kappa shape index (κ3) is 4.82. The number of aryl methyl sites for hydroxylation is 1. The van der Waals surface area contributed by atoms with Gasteiger partial charge in [-0.2, -0.15) is 0 Å². The zero-order valence-electron chi connectivity index (χ0n) is 11.6. The van der Waals surface area contributed by atoms with Crippen molar-refractivity contribution >= 4 is 5.91 Å². The average Bonchev–Trinajstić information content (AvgIpc) is 2.39. The monoisotopic (exact) mass is 249 g/mol. The smallest absolute Gasteiger partial charge is 0.271 e. The first-order valence-corrected chi connectivity index (χ1v) is 6.74. The molecule has 0 aliphatic rings. The van der Waals surface area contributed by atoms with E-state index in [2.05, 4.69) is 29.1 Å². The molecule has 0 saturated carbocycles. The number of carbonyl (C=O) groups is 1. The topological polar surface area (TPSA) is 54.9 Å². The second-order valence-corrected chi connectivity index (χ2v) is 4.67. The second-order valence-electron chi connectivity index (χ2n) is 4.67. The lowest BCUT2D eigenvalue weighted by Crippen LogP contribution is -2.29. The van der Waals surface area contributed by atoms with Crippen LogP contribution in [-0.4, -0.2) is 22.4 Å². The standard InChI is InChI=1S/C14H23N3O/c1-4-6-7-12(5-2)9-17-14(18)13-10-15-11(3)8-16-13/h8,10,12H,4-7,9H2,1-3H3,(H,17,18). The van der Waals surface area contributed by atoms with E-state index in [0.717, 1.165) is 18.7 Å². The van der Waals surface area contributed by atoms with E-state index >= 15 is 0 Å². The van der Waals surface area contributed by atoms with Gasteiger partial charge in [0.15, 0.2) is 0 Å². The molecular formula is C14H23N3O. The molecule has 1 unspecified atom stereocenters. The molecule has 4 nitrogen and oxygen atoms in total. The van der Waals surface area contributed by atoms with Crippen molar-refractivity contribution in [3.63, 3.8) is 0 Å². The Morgan fingerprint density at radius 2 is 2.11 bits per heavy atom. The third-order valence-electron chi connectivity index (χ3n) is 3.11. The molecule has 1 amide bonds. The Labute approximate surface area is 109 Å². The quantitative estimate of drug-likeness (QED) is 0.808. The van der Waals surface area contributed by atoms with E-state index in [1.165, 1.54) is 25.5 Å². The van der Waals surface area contributed by atoms with Crippen LogP contribution < -0.4 is 5.32 Å². The number of nitrogens with zero attached hydrogens (tertiary/aromatic N) is 2. The van der Waals surface area contributed by atoms with Gasteiger partial charge < -0.3 is 5.32 Å². The minimum Gasteiger partial charge on any atom is -0.350 e. The van der Waals surface area contributed by atoms with Crippen LogP contribution >= 0.6 is 0 Å². The number of hydrogen-bond acceptors (Lipinski definition) is 3. The van der Waals surface area contributed by atoms with Crippen LogP contribution in [0, 0.1) is 12.8 Å². The maximum atomic E-state index is 11.8. The van der Waals surface area contributed by atoms with Crippen molar-refractivity contribution in [2.45, 2.75) is 46.5 Å². The molecule has 0 saturated heterocycles. The van der Waals surface area contributed by atoms with Crippen molar-refractivity contribution in [2.24, 2.45) is 5.92 Å². The van der Waals surface area contributed by atoms with Gasteiger partial charge in [0.2, 0.25) is 0 Å². The molecule has 0 aliphatic carbocycles. The fourth-order valence-electron chi connectivity index (χ4n) is 1.78. The van der Waals surface area contributed by atoms with Crippen molar-refractivity contribution in [2.75, 3.05) is 6.54 Å². The van der Waals surface area contributed by atoms with Gasteiger partial charge in [-0.05, 0) is 19.3 Å². The molecule has 0 aliphatic heterocycles. The van der Waals surface area contributed by atoms with Gasteiger partial charge in [0, 0.05) is 12.7 Å². The Bertz CT molecular complexity index is 362. The molecule has 4 heteroatoms. The van der Waals surface area contributed by atoms with E-state index in [9.17, 15) is 4.79 Å². The van der Waals surface area contributed by atoms with Gasteiger partial charge in [-0.1, -0.05) is 33.1 Å². The Morgan fingerprint density at radius 1 is 1.33 bits per heavy atom. The molecule has 0 aromatic carbocycles. The van der Waals surface area contributed by atoms with Gasteiger partial charge in [0.25, 0.3) is 5.91 Å². The number of amides is 1. The Hall–Kier alpha value is -1.45. The summed E-state index contributed by atoms with van der Waals surface area (Å²) >= 11 is 0. The van der Waals surface area contributed by atoms with Gasteiger partial charge in [0.1, 0.15) is 5.69 Å². The van der Waals surface area contributed by atoms with Crippen LogP contribution in [0.1, 0.15) is 55.7 Å². The summed E-state index contributed by atoms with van der Waals surface area (Å²) < 4.78 is 0. The zero-order chi connectivity index (χ0) is 13.4. The SMILES string of the molecule is CCCCC(CC)CNC(=O)c1cnc(C)cn1.